The van der Waals surface area contributed by atoms with Gasteiger partial charge >= 0.3 is 0 Å². The van der Waals surface area contributed by atoms with Crippen LogP contribution in [0.3, 0.4) is 0 Å². The van der Waals surface area contributed by atoms with E-state index in [9.17, 15) is 14.0 Å². The average Bonchev–Trinajstić information content (AvgIpc) is 2.96. The van der Waals surface area contributed by atoms with Gasteiger partial charge in [0, 0.05) is 19.5 Å². The highest BCUT2D eigenvalue weighted by atomic mass is 19.1. The van der Waals surface area contributed by atoms with Gasteiger partial charge in [-0.15, -0.1) is 0 Å². The molecule has 0 aromatic heterocycles. The fourth-order valence-corrected chi connectivity index (χ4v) is 4.18. The second kappa shape index (κ2) is 13.7. The molecule has 0 saturated carbocycles. The van der Waals surface area contributed by atoms with Gasteiger partial charge < -0.3 is 15.0 Å². The van der Waals surface area contributed by atoms with Crippen molar-refractivity contribution in [1.29, 1.82) is 0 Å². The molecule has 2 amide bonds. The van der Waals surface area contributed by atoms with Gasteiger partial charge in [-0.2, -0.15) is 0 Å². The standard InChI is InChI=1S/C32H31FN2O3/c33-28-18-16-27(17-19-28)23-35(31(36)24-38-29-14-8-3-9-15-29)30(22-26-12-6-2-7-13-26)32(37)34-21-20-25-10-4-1-5-11-25/h1-19,30H,20-24H2,(H,34,37)/t30-/m0/s1. The van der Waals surface area contributed by atoms with Crippen molar-refractivity contribution in [1.82, 2.24) is 10.2 Å². The van der Waals surface area contributed by atoms with Crippen molar-refractivity contribution < 1.29 is 18.7 Å². The first-order valence-electron chi connectivity index (χ1n) is 12.7. The number of carbonyl (C=O) groups is 2. The van der Waals surface area contributed by atoms with Crippen molar-refractivity contribution >= 4 is 11.8 Å². The molecule has 0 bridgehead atoms. The summed E-state index contributed by atoms with van der Waals surface area (Å²) in [6.45, 7) is 0.349. The summed E-state index contributed by atoms with van der Waals surface area (Å²) in [4.78, 5) is 28.7. The van der Waals surface area contributed by atoms with Crippen LogP contribution in [0, 0.1) is 5.82 Å². The molecule has 0 unspecified atom stereocenters. The summed E-state index contributed by atoms with van der Waals surface area (Å²) in [7, 11) is 0. The molecule has 0 fully saturated rings. The van der Waals surface area contributed by atoms with Crippen molar-refractivity contribution in [2.75, 3.05) is 13.2 Å². The van der Waals surface area contributed by atoms with Gasteiger partial charge in [0.25, 0.3) is 5.91 Å². The number of nitrogens with one attached hydrogen (secondary N) is 1. The molecule has 0 spiro atoms. The summed E-state index contributed by atoms with van der Waals surface area (Å²) in [5, 5.41) is 3.02. The van der Waals surface area contributed by atoms with Crippen molar-refractivity contribution in [3.8, 4) is 5.75 Å². The lowest BCUT2D eigenvalue weighted by atomic mass is 10.0. The number of carbonyl (C=O) groups excluding carboxylic acids is 2. The molecule has 0 radical (unpaired) electrons. The van der Waals surface area contributed by atoms with Gasteiger partial charge in [0.05, 0.1) is 0 Å². The summed E-state index contributed by atoms with van der Waals surface area (Å²) >= 11 is 0. The van der Waals surface area contributed by atoms with Crippen LogP contribution < -0.4 is 10.1 Å². The van der Waals surface area contributed by atoms with Gasteiger partial charge in [-0.05, 0) is 47.4 Å². The van der Waals surface area contributed by atoms with E-state index in [0.29, 0.717) is 25.1 Å². The minimum Gasteiger partial charge on any atom is -0.484 e. The number of benzene rings is 4. The van der Waals surface area contributed by atoms with Crippen LogP contribution in [0.4, 0.5) is 4.39 Å². The third-order valence-electron chi connectivity index (χ3n) is 6.20. The Kier molecular flexibility index (Phi) is 9.63. The molecular weight excluding hydrogens is 479 g/mol. The Morgan fingerprint density at radius 1 is 0.737 bits per heavy atom. The third-order valence-corrected chi connectivity index (χ3v) is 6.20. The largest absolute Gasteiger partial charge is 0.484 e. The van der Waals surface area contributed by atoms with Gasteiger partial charge in [-0.25, -0.2) is 4.39 Å². The second-order valence-electron chi connectivity index (χ2n) is 8.98. The van der Waals surface area contributed by atoms with Crippen LogP contribution in [-0.4, -0.2) is 35.9 Å². The molecule has 5 nitrogen and oxygen atoms in total. The van der Waals surface area contributed by atoms with E-state index in [1.54, 1.807) is 24.3 Å². The summed E-state index contributed by atoms with van der Waals surface area (Å²) in [6.07, 6.45) is 1.00. The lowest BCUT2D eigenvalue weighted by molar-refractivity contribution is -0.142. The zero-order valence-corrected chi connectivity index (χ0v) is 21.1. The van der Waals surface area contributed by atoms with E-state index in [4.69, 9.17) is 4.74 Å². The maximum absolute atomic E-state index is 13.6. The number of rotatable bonds is 12. The van der Waals surface area contributed by atoms with E-state index >= 15 is 0 Å². The molecule has 0 heterocycles. The van der Waals surface area contributed by atoms with E-state index in [2.05, 4.69) is 5.32 Å². The molecular formula is C32H31FN2O3. The maximum Gasteiger partial charge on any atom is 0.261 e. The molecule has 0 aliphatic carbocycles. The monoisotopic (exact) mass is 510 g/mol. The Bertz CT molecular complexity index is 1280. The van der Waals surface area contributed by atoms with E-state index in [1.807, 2.05) is 78.9 Å². The Balaban J connectivity index is 1.56. The molecule has 0 saturated heterocycles. The number of ether oxygens (including phenoxy) is 1. The van der Waals surface area contributed by atoms with Crippen molar-refractivity contribution in [2.45, 2.75) is 25.4 Å². The highest BCUT2D eigenvalue weighted by molar-refractivity contribution is 5.88. The number of hydrogen-bond donors (Lipinski definition) is 1. The van der Waals surface area contributed by atoms with E-state index < -0.39 is 6.04 Å². The fraction of sp³-hybridized carbons (Fsp3) is 0.188. The molecule has 6 heteroatoms. The van der Waals surface area contributed by atoms with Crippen LogP contribution >= 0.6 is 0 Å². The quantitative estimate of drug-likeness (QED) is 0.285. The zero-order chi connectivity index (χ0) is 26.6. The topological polar surface area (TPSA) is 58.6 Å². The minimum atomic E-state index is -0.787. The number of hydrogen-bond acceptors (Lipinski definition) is 3. The summed E-state index contributed by atoms with van der Waals surface area (Å²) in [5.74, 6) is -0.384. The van der Waals surface area contributed by atoms with Crippen LogP contribution in [-0.2, 0) is 29.0 Å². The van der Waals surface area contributed by atoms with Crippen molar-refractivity contribution in [2.24, 2.45) is 0 Å². The lowest BCUT2D eigenvalue weighted by Crippen LogP contribution is -2.52. The van der Waals surface area contributed by atoms with Crippen LogP contribution in [0.25, 0.3) is 0 Å². The first-order chi connectivity index (χ1) is 18.6. The summed E-state index contributed by atoms with van der Waals surface area (Å²) < 4.78 is 19.3. The predicted octanol–water partition coefficient (Wildman–Crippen LogP) is 5.20. The second-order valence-corrected chi connectivity index (χ2v) is 8.98. The minimum absolute atomic E-state index is 0.140. The average molecular weight is 511 g/mol. The Hall–Kier alpha value is -4.45. The molecule has 0 aliphatic rings. The molecule has 0 aliphatic heterocycles. The van der Waals surface area contributed by atoms with Crippen molar-refractivity contribution in [3.05, 3.63) is 138 Å². The SMILES string of the molecule is O=C(NCCc1ccccc1)[C@H](Cc1ccccc1)N(Cc1ccc(F)cc1)C(=O)COc1ccccc1. The predicted molar refractivity (Wildman–Crippen MR) is 146 cm³/mol. The summed E-state index contributed by atoms with van der Waals surface area (Å²) in [5.41, 5.74) is 2.76. The normalized spacial score (nSPS) is 11.4. The molecule has 194 valence electrons. The molecule has 4 aromatic carbocycles. The van der Waals surface area contributed by atoms with Gasteiger partial charge in [0.2, 0.25) is 5.91 Å². The molecule has 4 rings (SSSR count). The first-order valence-corrected chi connectivity index (χ1v) is 12.7. The lowest BCUT2D eigenvalue weighted by Gasteiger charge is -2.31. The zero-order valence-electron chi connectivity index (χ0n) is 21.1. The highest BCUT2D eigenvalue weighted by Gasteiger charge is 2.30. The van der Waals surface area contributed by atoms with Crippen LogP contribution in [0.5, 0.6) is 5.75 Å². The number of amides is 2. The molecule has 38 heavy (non-hydrogen) atoms. The molecule has 4 aromatic rings. The number of para-hydroxylation sites is 1. The number of nitrogens with zero attached hydrogens (tertiary/aromatic N) is 1. The third kappa shape index (κ3) is 8.03. The molecule has 1 N–H and O–H groups in total. The van der Waals surface area contributed by atoms with Gasteiger partial charge in [-0.1, -0.05) is 91.0 Å². The van der Waals surface area contributed by atoms with Gasteiger partial charge in [0.15, 0.2) is 6.61 Å². The Labute approximate surface area is 222 Å². The Morgan fingerprint density at radius 2 is 1.32 bits per heavy atom. The Morgan fingerprint density at radius 3 is 1.95 bits per heavy atom. The fourth-order valence-electron chi connectivity index (χ4n) is 4.18. The van der Waals surface area contributed by atoms with Crippen LogP contribution in [0.15, 0.2) is 115 Å². The molecule has 1 atom stereocenters. The smallest absolute Gasteiger partial charge is 0.261 e. The summed E-state index contributed by atoms with van der Waals surface area (Å²) in [6, 6.07) is 33.7. The van der Waals surface area contributed by atoms with Gasteiger partial charge in [-0.3, -0.25) is 9.59 Å². The van der Waals surface area contributed by atoms with E-state index in [1.165, 1.54) is 17.0 Å². The first kappa shape index (κ1) is 26.6. The van der Waals surface area contributed by atoms with E-state index in [0.717, 1.165) is 16.7 Å². The van der Waals surface area contributed by atoms with Crippen LogP contribution in [0.2, 0.25) is 0 Å². The highest BCUT2D eigenvalue weighted by Crippen LogP contribution is 2.17. The van der Waals surface area contributed by atoms with E-state index in [-0.39, 0.29) is 30.8 Å². The van der Waals surface area contributed by atoms with Crippen molar-refractivity contribution in [3.63, 3.8) is 0 Å². The van der Waals surface area contributed by atoms with Gasteiger partial charge in [0.1, 0.15) is 17.6 Å². The van der Waals surface area contributed by atoms with Crippen LogP contribution in [0.1, 0.15) is 16.7 Å². The maximum atomic E-state index is 13.6. The number of halogens is 1.